The molecule has 4 heteroatoms. The lowest BCUT2D eigenvalue weighted by Gasteiger charge is -2.24. The number of hydrogen-bond donors (Lipinski definition) is 1. The summed E-state index contributed by atoms with van der Waals surface area (Å²) >= 11 is 0. The standard InChI is InChI=1S/C17H26N4/c1-3-9-20(11-15-7-4-8-18-15)12-16-13-21-10-5-6-14(2)17(21)19-16/h5-6,10,13,15,18H,3-4,7-9,11-12H2,1-2H3. The largest absolute Gasteiger partial charge is 0.313 e. The molecule has 0 aromatic carbocycles. The van der Waals surface area contributed by atoms with Crippen LogP contribution in [0.5, 0.6) is 0 Å². The number of rotatable bonds is 6. The molecule has 3 rings (SSSR count). The van der Waals surface area contributed by atoms with Crippen molar-refractivity contribution in [3.63, 3.8) is 0 Å². The first-order valence-electron chi connectivity index (χ1n) is 8.15. The Bertz CT molecular complexity index is 583. The molecular weight excluding hydrogens is 260 g/mol. The van der Waals surface area contributed by atoms with Gasteiger partial charge in [0.2, 0.25) is 0 Å². The maximum Gasteiger partial charge on any atom is 0.139 e. The minimum Gasteiger partial charge on any atom is -0.313 e. The van der Waals surface area contributed by atoms with Gasteiger partial charge in [-0.05, 0) is 50.9 Å². The molecule has 2 aromatic heterocycles. The van der Waals surface area contributed by atoms with E-state index in [0.717, 1.165) is 25.3 Å². The molecule has 114 valence electrons. The molecule has 0 aliphatic carbocycles. The van der Waals surface area contributed by atoms with Gasteiger partial charge in [-0.2, -0.15) is 0 Å². The summed E-state index contributed by atoms with van der Waals surface area (Å²) in [7, 11) is 0. The van der Waals surface area contributed by atoms with Gasteiger partial charge in [0.1, 0.15) is 5.65 Å². The highest BCUT2D eigenvalue weighted by Crippen LogP contribution is 2.13. The van der Waals surface area contributed by atoms with E-state index >= 15 is 0 Å². The third-order valence-corrected chi connectivity index (χ3v) is 4.29. The molecule has 0 spiro atoms. The highest BCUT2D eigenvalue weighted by atomic mass is 15.2. The Morgan fingerprint density at radius 3 is 3.10 bits per heavy atom. The van der Waals surface area contributed by atoms with Crippen LogP contribution in [0.4, 0.5) is 0 Å². The van der Waals surface area contributed by atoms with E-state index < -0.39 is 0 Å². The average Bonchev–Trinajstić information content (AvgIpc) is 3.09. The molecule has 0 amide bonds. The van der Waals surface area contributed by atoms with E-state index in [2.05, 4.69) is 53.0 Å². The van der Waals surface area contributed by atoms with E-state index in [0.29, 0.717) is 6.04 Å². The van der Waals surface area contributed by atoms with Gasteiger partial charge in [0.25, 0.3) is 0 Å². The van der Waals surface area contributed by atoms with Crippen molar-refractivity contribution in [3.05, 3.63) is 35.8 Å². The van der Waals surface area contributed by atoms with Crippen LogP contribution < -0.4 is 5.32 Å². The number of pyridine rings is 1. The summed E-state index contributed by atoms with van der Waals surface area (Å²) in [5, 5.41) is 3.60. The highest BCUT2D eigenvalue weighted by molar-refractivity contribution is 5.47. The fourth-order valence-corrected chi connectivity index (χ4v) is 3.29. The van der Waals surface area contributed by atoms with Crippen LogP contribution in [0, 0.1) is 6.92 Å². The zero-order valence-electron chi connectivity index (χ0n) is 13.2. The molecule has 1 fully saturated rings. The molecule has 1 aliphatic heterocycles. The van der Waals surface area contributed by atoms with Crippen LogP contribution in [0.3, 0.4) is 0 Å². The van der Waals surface area contributed by atoms with E-state index in [-0.39, 0.29) is 0 Å². The molecule has 3 heterocycles. The van der Waals surface area contributed by atoms with Gasteiger partial charge in [-0.1, -0.05) is 13.0 Å². The van der Waals surface area contributed by atoms with Crippen molar-refractivity contribution in [1.82, 2.24) is 19.6 Å². The van der Waals surface area contributed by atoms with Gasteiger partial charge in [0.15, 0.2) is 0 Å². The summed E-state index contributed by atoms with van der Waals surface area (Å²) < 4.78 is 2.14. The quantitative estimate of drug-likeness (QED) is 0.886. The number of aryl methyl sites for hydroxylation is 1. The van der Waals surface area contributed by atoms with Crippen molar-refractivity contribution < 1.29 is 0 Å². The monoisotopic (exact) mass is 286 g/mol. The van der Waals surface area contributed by atoms with Gasteiger partial charge in [0, 0.05) is 31.5 Å². The third kappa shape index (κ3) is 3.44. The van der Waals surface area contributed by atoms with E-state index in [1.54, 1.807) is 0 Å². The van der Waals surface area contributed by atoms with E-state index in [4.69, 9.17) is 4.98 Å². The Labute approximate surface area is 127 Å². The lowest BCUT2D eigenvalue weighted by atomic mass is 10.2. The van der Waals surface area contributed by atoms with Crippen molar-refractivity contribution in [3.8, 4) is 0 Å². The number of imidazole rings is 1. The average molecular weight is 286 g/mol. The van der Waals surface area contributed by atoms with Gasteiger partial charge in [-0.25, -0.2) is 4.98 Å². The molecular formula is C17H26N4. The van der Waals surface area contributed by atoms with Gasteiger partial charge in [-0.3, -0.25) is 4.90 Å². The molecule has 0 bridgehead atoms. The first kappa shape index (κ1) is 14.5. The van der Waals surface area contributed by atoms with Crippen molar-refractivity contribution in [1.29, 1.82) is 0 Å². The predicted molar refractivity (Wildman–Crippen MR) is 86.5 cm³/mol. The Morgan fingerprint density at radius 2 is 2.38 bits per heavy atom. The predicted octanol–water partition coefficient (Wildman–Crippen LogP) is 2.61. The van der Waals surface area contributed by atoms with Crippen molar-refractivity contribution >= 4 is 5.65 Å². The summed E-state index contributed by atoms with van der Waals surface area (Å²) in [6.07, 6.45) is 8.08. The molecule has 1 aliphatic rings. The molecule has 1 unspecified atom stereocenters. The minimum atomic E-state index is 0.662. The minimum absolute atomic E-state index is 0.662. The van der Waals surface area contributed by atoms with Crippen molar-refractivity contribution in [2.24, 2.45) is 0 Å². The lowest BCUT2D eigenvalue weighted by molar-refractivity contribution is 0.239. The third-order valence-electron chi connectivity index (χ3n) is 4.29. The number of nitrogens with one attached hydrogen (secondary N) is 1. The Morgan fingerprint density at radius 1 is 1.48 bits per heavy atom. The molecule has 4 nitrogen and oxygen atoms in total. The zero-order valence-corrected chi connectivity index (χ0v) is 13.2. The number of nitrogens with zero attached hydrogens (tertiary/aromatic N) is 3. The Kier molecular flexibility index (Phi) is 4.56. The van der Waals surface area contributed by atoms with Crippen LogP contribution in [-0.2, 0) is 6.54 Å². The van der Waals surface area contributed by atoms with Crippen LogP contribution >= 0.6 is 0 Å². The van der Waals surface area contributed by atoms with Crippen LogP contribution in [0.15, 0.2) is 24.5 Å². The number of fused-ring (bicyclic) bond motifs is 1. The highest BCUT2D eigenvalue weighted by Gasteiger charge is 2.18. The molecule has 0 saturated carbocycles. The normalized spacial score (nSPS) is 18.9. The maximum absolute atomic E-state index is 4.81. The Hall–Kier alpha value is -1.39. The summed E-state index contributed by atoms with van der Waals surface area (Å²) in [6, 6.07) is 4.87. The molecule has 2 aromatic rings. The van der Waals surface area contributed by atoms with Crippen LogP contribution in [0.2, 0.25) is 0 Å². The molecule has 1 N–H and O–H groups in total. The maximum atomic E-state index is 4.81. The van der Waals surface area contributed by atoms with Gasteiger partial charge < -0.3 is 9.72 Å². The smallest absolute Gasteiger partial charge is 0.139 e. The van der Waals surface area contributed by atoms with Gasteiger partial charge >= 0.3 is 0 Å². The fraction of sp³-hybridized carbons (Fsp3) is 0.588. The second-order valence-electron chi connectivity index (χ2n) is 6.18. The Balaban J connectivity index is 1.72. The van der Waals surface area contributed by atoms with Crippen LogP contribution in [-0.4, -0.2) is 40.0 Å². The summed E-state index contributed by atoms with van der Waals surface area (Å²) in [6.45, 7) is 8.79. The van der Waals surface area contributed by atoms with Crippen molar-refractivity contribution in [2.45, 2.75) is 45.7 Å². The molecule has 1 saturated heterocycles. The molecule has 1 atom stereocenters. The summed E-state index contributed by atoms with van der Waals surface area (Å²) in [5.74, 6) is 0. The fourth-order valence-electron chi connectivity index (χ4n) is 3.29. The van der Waals surface area contributed by atoms with E-state index in [9.17, 15) is 0 Å². The van der Waals surface area contributed by atoms with Gasteiger partial charge in [-0.15, -0.1) is 0 Å². The van der Waals surface area contributed by atoms with Crippen LogP contribution in [0.1, 0.15) is 37.4 Å². The SMILES string of the molecule is CCCN(Cc1cn2cccc(C)c2n1)CC1CCCN1. The summed E-state index contributed by atoms with van der Waals surface area (Å²) in [4.78, 5) is 7.35. The first-order valence-corrected chi connectivity index (χ1v) is 8.15. The van der Waals surface area contributed by atoms with E-state index in [1.807, 2.05) is 0 Å². The number of aromatic nitrogens is 2. The topological polar surface area (TPSA) is 32.6 Å². The first-order chi connectivity index (χ1) is 10.3. The van der Waals surface area contributed by atoms with Gasteiger partial charge in [0.05, 0.1) is 5.69 Å². The van der Waals surface area contributed by atoms with Crippen molar-refractivity contribution in [2.75, 3.05) is 19.6 Å². The lowest BCUT2D eigenvalue weighted by Crippen LogP contribution is -2.37. The summed E-state index contributed by atoms with van der Waals surface area (Å²) in [5.41, 5.74) is 3.50. The second-order valence-corrected chi connectivity index (χ2v) is 6.18. The molecule has 0 radical (unpaired) electrons. The second kappa shape index (κ2) is 6.58. The zero-order chi connectivity index (χ0) is 14.7. The number of hydrogen-bond acceptors (Lipinski definition) is 3. The van der Waals surface area contributed by atoms with Crippen LogP contribution in [0.25, 0.3) is 5.65 Å². The molecule has 21 heavy (non-hydrogen) atoms. The van der Waals surface area contributed by atoms with E-state index in [1.165, 1.54) is 37.1 Å².